The third-order valence-electron chi connectivity index (χ3n) is 8.20. The van der Waals surface area contributed by atoms with E-state index in [0.717, 1.165) is 18.0 Å². The monoisotopic (exact) mass is 817 g/mol. The number of anilines is 1. The first-order chi connectivity index (χ1) is 24.7. The van der Waals surface area contributed by atoms with Crippen molar-refractivity contribution in [3.63, 3.8) is 0 Å². The number of hydrogen-bond donors (Lipinski definition) is 8. The van der Waals surface area contributed by atoms with Gasteiger partial charge in [-0.1, -0.05) is 0 Å². The number of nitrogens with zero attached hydrogens (tertiary/aromatic N) is 6. The summed E-state index contributed by atoms with van der Waals surface area (Å²) in [6.45, 7) is -2.16. The Labute approximate surface area is 295 Å². The van der Waals surface area contributed by atoms with E-state index in [2.05, 4.69) is 42.9 Å². The van der Waals surface area contributed by atoms with Gasteiger partial charge in [-0.3, -0.25) is 28.0 Å². The highest BCUT2D eigenvalue weighted by Crippen LogP contribution is 2.63. The number of fused-ring (bicyclic) bond motifs is 1. The summed E-state index contributed by atoms with van der Waals surface area (Å²) in [5.74, 6) is -0.243. The number of nitrogens with two attached hydrogens (primary N) is 2. The molecule has 4 aliphatic heterocycles. The molecule has 0 aromatic carbocycles. The first-order valence-corrected chi connectivity index (χ1v) is 19.3. The van der Waals surface area contributed by atoms with Crippen LogP contribution in [0.3, 0.4) is 0 Å². The molecule has 6 unspecified atom stereocenters. The van der Waals surface area contributed by atoms with E-state index in [1.807, 2.05) is 0 Å². The molecular formula is C22H32N10O18P3-3. The quantitative estimate of drug-likeness (QED) is 0.0871. The van der Waals surface area contributed by atoms with Crippen molar-refractivity contribution < 1.29 is 80.7 Å². The third-order valence-corrected chi connectivity index (χ3v) is 12.3. The van der Waals surface area contributed by atoms with Crippen LogP contribution in [0, 0.1) is 0 Å². The SMILES string of the molecule is COC1[C@H](COP(=O)([O-])OP(=O)([O-])OP(=O)([O-])OC[C@H]2O[C@@H](n3cnc4c(=O)[nH]c(N)nc43)C(O)[C@H]2O)O[C@H](N2CN(C)C3=C2NC(N)=NC3O)[C@@H]1O. The molecule has 2 saturated heterocycles. The van der Waals surface area contributed by atoms with E-state index in [4.69, 9.17) is 25.7 Å². The van der Waals surface area contributed by atoms with Gasteiger partial charge in [-0.25, -0.2) is 18.6 Å². The number of phosphoric ester groups is 2. The molecule has 0 spiro atoms. The molecule has 6 heterocycles. The molecule has 10 N–H and O–H groups in total. The number of aromatic nitrogens is 4. The second-order valence-corrected chi connectivity index (χ2v) is 16.2. The van der Waals surface area contributed by atoms with Gasteiger partial charge in [0.25, 0.3) is 29.0 Å². The van der Waals surface area contributed by atoms with Gasteiger partial charge in [-0.05, 0) is 0 Å². The molecule has 4 aliphatic rings. The minimum Gasteiger partial charge on any atom is -0.756 e. The van der Waals surface area contributed by atoms with Crippen molar-refractivity contribution in [3.8, 4) is 0 Å². The zero-order valence-corrected chi connectivity index (χ0v) is 29.8. The van der Waals surface area contributed by atoms with E-state index in [0.29, 0.717) is 0 Å². The van der Waals surface area contributed by atoms with Gasteiger partial charge < -0.3 is 84.9 Å². The number of ether oxygens (including phenoxy) is 3. The van der Waals surface area contributed by atoms with Crippen molar-refractivity contribution in [3.05, 3.63) is 28.2 Å². The number of hydrogen-bond acceptors (Lipinski definition) is 26. The Morgan fingerprint density at radius 3 is 2.23 bits per heavy atom. The third kappa shape index (κ3) is 8.00. The van der Waals surface area contributed by atoms with Crippen molar-refractivity contribution in [2.24, 2.45) is 10.7 Å². The number of aliphatic hydroxyl groups is 4. The van der Waals surface area contributed by atoms with Gasteiger partial charge >= 0.3 is 0 Å². The summed E-state index contributed by atoms with van der Waals surface area (Å²) in [5.41, 5.74) is 10.4. The fraction of sp³-hybridized carbons (Fsp3) is 0.636. The van der Waals surface area contributed by atoms with Crippen LogP contribution in [0.1, 0.15) is 6.23 Å². The van der Waals surface area contributed by atoms with Gasteiger partial charge in [0.05, 0.1) is 26.2 Å². The van der Waals surface area contributed by atoms with Crippen molar-refractivity contribution in [2.45, 2.75) is 55.3 Å². The van der Waals surface area contributed by atoms with Crippen LogP contribution in [-0.2, 0) is 45.6 Å². The van der Waals surface area contributed by atoms with Crippen molar-refractivity contribution in [2.75, 3.05) is 39.8 Å². The molecule has 2 fully saturated rings. The van der Waals surface area contributed by atoms with Gasteiger partial charge in [0, 0.05) is 14.2 Å². The highest BCUT2D eigenvalue weighted by molar-refractivity contribution is 7.65. The van der Waals surface area contributed by atoms with Crippen LogP contribution < -0.4 is 37.0 Å². The van der Waals surface area contributed by atoms with Crippen LogP contribution in [0.2, 0.25) is 0 Å². The second kappa shape index (κ2) is 14.5. The molecule has 12 atom stereocenters. The summed E-state index contributed by atoms with van der Waals surface area (Å²) in [6.07, 6.45) is -12.6. The average molecular weight is 817 g/mol. The van der Waals surface area contributed by atoms with E-state index >= 15 is 0 Å². The van der Waals surface area contributed by atoms with Crippen molar-refractivity contribution in [1.82, 2.24) is 34.6 Å². The van der Waals surface area contributed by atoms with E-state index in [-0.39, 0.29) is 41.3 Å². The number of H-pyrrole nitrogens is 1. The van der Waals surface area contributed by atoms with Crippen molar-refractivity contribution in [1.29, 1.82) is 0 Å². The number of phosphoric acid groups is 3. The maximum absolute atomic E-state index is 12.5. The molecule has 0 amide bonds. The van der Waals surface area contributed by atoms with Gasteiger partial charge in [-0.15, -0.1) is 0 Å². The normalized spacial score (nSPS) is 33.8. The molecule has 28 nitrogen and oxygen atoms in total. The highest BCUT2D eigenvalue weighted by Gasteiger charge is 2.51. The first-order valence-electron chi connectivity index (χ1n) is 15.0. The Morgan fingerprint density at radius 2 is 1.58 bits per heavy atom. The molecule has 0 aliphatic carbocycles. The molecule has 0 radical (unpaired) electrons. The minimum atomic E-state index is -6.34. The number of aromatic amines is 1. The number of nitrogens with one attached hydrogen (secondary N) is 2. The highest BCUT2D eigenvalue weighted by atomic mass is 31.3. The molecule has 31 heteroatoms. The van der Waals surface area contributed by atoms with Crippen LogP contribution >= 0.6 is 23.5 Å². The van der Waals surface area contributed by atoms with E-state index in [1.165, 1.54) is 4.90 Å². The van der Waals surface area contributed by atoms with Gasteiger partial charge in [0.1, 0.15) is 48.1 Å². The van der Waals surface area contributed by atoms with Gasteiger partial charge in [0.2, 0.25) is 5.95 Å². The Balaban J connectivity index is 1.03. The number of methoxy groups -OCH3 is 1. The lowest BCUT2D eigenvalue weighted by Crippen LogP contribution is -2.49. The zero-order chi connectivity index (χ0) is 38.8. The maximum Gasteiger partial charge on any atom is 0.280 e. The molecule has 0 saturated carbocycles. The Morgan fingerprint density at radius 1 is 0.962 bits per heavy atom. The van der Waals surface area contributed by atoms with E-state index in [1.54, 1.807) is 11.9 Å². The molecule has 2 aromatic heterocycles. The summed E-state index contributed by atoms with van der Waals surface area (Å²) in [6, 6.07) is 0. The number of rotatable bonds is 13. The van der Waals surface area contributed by atoms with Crippen LogP contribution in [0.25, 0.3) is 11.2 Å². The summed E-state index contributed by atoms with van der Waals surface area (Å²) in [4.78, 5) is 65.9. The summed E-state index contributed by atoms with van der Waals surface area (Å²) >= 11 is 0. The van der Waals surface area contributed by atoms with E-state index < -0.39 is 97.5 Å². The topological polar surface area (TPSA) is 412 Å². The van der Waals surface area contributed by atoms with Crippen molar-refractivity contribution >= 4 is 46.5 Å². The van der Waals surface area contributed by atoms with E-state index in [9.17, 15) is 53.6 Å². The maximum atomic E-state index is 12.5. The molecule has 6 rings (SSSR count). The summed E-state index contributed by atoms with van der Waals surface area (Å²) < 4.78 is 71.3. The number of likely N-dealkylation sites (N-methyl/N-ethyl adjacent to an activating group) is 1. The predicted molar refractivity (Wildman–Crippen MR) is 163 cm³/mol. The predicted octanol–water partition coefficient (Wildman–Crippen LogP) is -6.50. The number of aliphatic imine (C=N–C) groups is 1. The number of aliphatic hydroxyl groups excluding tert-OH is 4. The number of imidazole rings is 1. The van der Waals surface area contributed by atoms with Crippen LogP contribution in [0.15, 0.2) is 27.6 Å². The Hall–Kier alpha value is -3.11. The first kappa shape index (κ1) is 39.6. The molecule has 2 aromatic rings. The zero-order valence-electron chi connectivity index (χ0n) is 27.1. The lowest BCUT2D eigenvalue weighted by atomic mass is 10.1. The lowest BCUT2D eigenvalue weighted by Gasteiger charge is -2.35. The lowest BCUT2D eigenvalue weighted by molar-refractivity contribution is -0.252. The molecular weight excluding hydrogens is 785 g/mol. The standard InChI is InChI=1S/C22H35N10O18P3/c1-30-6-32(16-10(30)18(37)29-22(24)27-16)20-13(35)14(44-2)8(48-20)4-46-52(40,41)50-53(42,43)49-51(38,39)45-3-7-11(33)12(34)19(47-7)31-5-25-9-15(31)26-21(23)28-17(9)36/h5,7-8,11-14,18-20,33-35,37H,3-4,6H2,1-2H3,(H,38,39)(H,40,41)(H,42,43)(H3,24,27,29)(H3,23,26,28,36)/p-3/t7-,8+,11+,12?,13-,14?,18?,19-,20+/m1/s1. The van der Waals surface area contributed by atoms with Crippen LogP contribution in [-0.4, -0.2) is 139 Å². The molecule has 0 bridgehead atoms. The van der Waals surface area contributed by atoms with Gasteiger partial charge in [0.15, 0.2) is 35.8 Å². The molecule has 53 heavy (non-hydrogen) atoms. The van der Waals surface area contributed by atoms with Gasteiger partial charge in [-0.2, -0.15) is 4.98 Å². The fourth-order valence-corrected chi connectivity index (χ4v) is 9.36. The average Bonchev–Trinajstić information content (AvgIpc) is 3.76. The summed E-state index contributed by atoms with van der Waals surface area (Å²) in [5, 5.41) is 44.9. The minimum absolute atomic E-state index is 0.0323. The Kier molecular flexibility index (Phi) is 10.8. The Bertz CT molecular complexity index is 2000. The largest absolute Gasteiger partial charge is 0.756 e. The fourth-order valence-electron chi connectivity index (χ4n) is 5.98. The van der Waals surface area contributed by atoms with Crippen LogP contribution in [0.4, 0.5) is 5.95 Å². The smallest absolute Gasteiger partial charge is 0.280 e. The second-order valence-electron chi connectivity index (χ2n) is 11.7. The number of guanidine groups is 1. The summed E-state index contributed by atoms with van der Waals surface area (Å²) in [7, 11) is -15.5. The number of nitrogen functional groups attached to an aromatic ring is 1. The molecule has 296 valence electrons. The van der Waals surface area contributed by atoms with Crippen LogP contribution in [0.5, 0.6) is 0 Å².